The van der Waals surface area contributed by atoms with Crippen molar-refractivity contribution in [2.45, 2.75) is 24.7 Å². The van der Waals surface area contributed by atoms with Crippen LogP contribution in [-0.2, 0) is 16.4 Å². The van der Waals surface area contributed by atoms with E-state index in [0.717, 1.165) is 7.05 Å². The van der Waals surface area contributed by atoms with Gasteiger partial charge in [0.1, 0.15) is 0 Å². The van der Waals surface area contributed by atoms with Gasteiger partial charge in [0.05, 0.1) is 11.4 Å². The second kappa shape index (κ2) is 5.62. The molecule has 0 fully saturated rings. The normalized spacial score (nSPS) is 12.3. The maximum Gasteiger partial charge on any atom is 0.252 e. The first-order valence-corrected chi connectivity index (χ1v) is 6.86. The molecule has 0 bridgehead atoms. The Morgan fingerprint density at radius 3 is 2.50 bits per heavy atom. The fraction of sp³-hybridized carbons (Fsp3) is 0.455. The standard InChI is InChI=1S/C11H16F2N2O2S/c1-3-8-4-5-9(14)6-10(8)18(16,17)15(2)7-11(12)13/h4-6,11H,3,7,14H2,1-2H3. The summed E-state index contributed by atoms with van der Waals surface area (Å²) in [6.45, 7) is 0.956. The summed E-state index contributed by atoms with van der Waals surface area (Å²) < 4.78 is 49.4. The second-order valence-corrected chi connectivity index (χ2v) is 5.91. The van der Waals surface area contributed by atoms with Crippen molar-refractivity contribution in [3.63, 3.8) is 0 Å². The molecule has 4 nitrogen and oxygen atoms in total. The van der Waals surface area contributed by atoms with E-state index in [2.05, 4.69) is 0 Å². The summed E-state index contributed by atoms with van der Waals surface area (Å²) in [5, 5.41) is 0. The van der Waals surface area contributed by atoms with Crippen LogP contribution in [0.1, 0.15) is 12.5 Å². The smallest absolute Gasteiger partial charge is 0.252 e. The molecule has 18 heavy (non-hydrogen) atoms. The summed E-state index contributed by atoms with van der Waals surface area (Å²) in [7, 11) is -2.80. The van der Waals surface area contributed by atoms with Crippen LogP contribution >= 0.6 is 0 Å². The molecule has 2 N–H and O–H groups in total. The first-order valence-electron chi connectivity index (χ1n) is 5.42. The molecule has 0 atom stereocenters. The van der Waals surface area contributed by atoms with E-state index in [9.17, 15) is 17.2 Å². The molecular weight excluding hydrogens is 262 g/mol. The van der Waals surface area contributed by atoms with Crippen LogP contribution in [0.25, 0.3) is 0 Å². The molecule has 0 heterocycles. The maximum atomic E-state index is 12.3. The summed E-state index contributed by atoms with van der Waals surface area (Å²) in [6.07, 6.45) is -2.23. The summed E-state index contributed by atoms with van der Waals surface area (Å²) in [4.78, 5) is -0.00634. The molecule has 0 aliphatic carbocycles. The molecule has 0 aliphatic rings. The first-order chi connectivity index (χ1) is 8.28. The Balaban J connectivity index is 3.23. The third-order valence-corrected chi connectivity index (χ3v) is 4.46. The Morgan fingerprint density at radius 2 is 2.00 bits per heavy atom. The topological polar surface area (TPSA) is 63.4 Å². The minimum atomic E-state index is -3.93. The Hall–Kier alpha value is -1.21. The number of nitrogens with zero attached hydrogens (tertiary/aromatic N) is 1. The van der Waals surface area contributed by atoms with Gasteiger partial charge in [0.25, 0.3) is 6.43 Å². The van der Waals surface area contributed by atoms with Gasteiger partial charge in [-0.3, -0.25) is 0 Å². The SMILES string of the molecule is CCc1ccc(N)cc1S(=O)(=O)N(C)CC(F)F. The van der Waals surface area contributed by atoms with Crippen LogP contribution in [0.15, 0.2) is 23.1 Å². The zero-order valence-corrected chi connectivity index (χ0v) is 11.0. The van der Waals surface area contributed by atoms with Gasteiger partial charge in [-0.1, -0.05) is 13.0 Å². The van der Waals surface area contributed by atoms with Crippen molar-refractivity contribution in [1.82, 2.24) is 4.31 Å². The van der Waals surface area contributed by atoms with E-state index in [1.54, 1.807) is 19.1 Å². The molecule has 0 saturated carbocycles. The van der Waals surface area contributed by atoms with Gasteiger partial charge in [0, 0.05) is 12.7 Å². The third kappa shape index (κ3) is 3.17. The van der Waals surface area contributed by atoms with Gasteiger partial charge in [0.15, 0.2) is 0 Å². The van der Waals surface area contributed by atoms with Crippen LogP contribution in [0, 0.1) is 0 Å². The lowest BCUT2D eigenvalue weighted by Crippen LogP contribution is -2.32. The molecule has 1 rings (SSSR count). The van der Waals surface area contributed by atoms with Crippen LogP contribution in [0.3, 0.4) is 0 Å². The molecule has 7 heteroatoms. The monoisotopic (exact) mass is 278 g/mol. The lowest BCUT2D eigenvalue weighted by Gasteiger charge is -2.18. The number of sulfonamides is 1. The van der Waals surface area contributed by atoms with Crippen LogP contribution in [0.5, 0.6) is 0 Å². The van der Waals surface area contributed by atoms with Crippen LogP contribution in [0.2, 0.25) is 0 Å². The Bertz CT molecular complexity index is 518. The van der Waals surface area contributed by atoms with Crippen molar-refractivity contribution in [3.05, 3.63) is 23.8 Å². The molecule has 0 amide bonds. The molecule has 0 aromatic heterocycles. The Kier molecular flexibility index (Phi) is 4.64. The minimum absolute atomic E-state index is 0.00634. The number of anilines is 1. The molecule has 0 radical (unpaired) electrons. The molecule has 0 unspecified atom stereocenters. The van der Waals surface area contributed by atoms with Crippen LogP contribution < -0.4 is 5.73 Å². The predicted octanol–water partition coefficient (Wildman–Crippen LogP) is 1.72. The largest absolute Gasteiger partial charge is 0.399 e. The number of halogens is 2. The van der Waals surface area contributed by atoms with Gasteiger partial charge in [-0.25, -0.2) is 17.2 Å². The highest BCUT2D eigenvalue weighted by Gasteiger charge is 2.25. The highest BCUT2D eigenvalue weighted by molar-refractivity contribution is 7.89. The highest BCUT2D eigenvalue weighted by atomic mass is 32.2. The second-order valence-electron chi connectivity index (χ2n) is 3.90. The fourth-order valence-corrected chi connectivity index (χ4v) is 3.04. The van der Waals surface area contributed by atoms with Crippen molar-refractivity contribution >= 4 is 15.7 Å². The van der Waals surface area contributed by atoms with Gasteiger partial charge >= 0.3 is 0 Å². The Labute approximate surface area is 105 Å². The molecule has 1 aromatic carbocycles. The van der Waals surface area contributed by atoms with E-state index < -0.39 is 23.0 Å². The number of benzene rings is 1. The fourth-order valence-electron chi connectivity index (χ4n) is 1.56. The van der Waals surface area contributed by atoms with Gasteiger partial charge in [-0.2, -0.15) is 4.31 Å². The van der Waals surface area contributed by atoms with Crippen LogP contribution in [-0.4, -0.2) is 32.7 Å². The van der Waals surface area contributed by atoms with Gasteiger partial charge in [-0.05, 0) is 24.1 Å². The van der Waals surface area contributed by atoms with Gasteiger partial charge in [0.2, 0.25) is 10.0 Å². The van der Waals surface area contributed by atoms with Gasteiger partial charge < -0.3 is 5.73 Å². The van der Waals surface area contributed by atoms with E-state index in [1.807, 2.05) is 0 Å². The average Bonchev–Trinajstić information content (AvgIpc) is 2.28. The number of hydrogen-bond donors (Lipinski definition) is 1. The number of nitrogen functional groups attached to an aromatic ring is 1. The van der Waals surface area contributed by atoms with Crippen molar-refractivity contribution in [3.8, 4) is 0 Å². The van der Waals surface area contributed by atoms with E-state index in [0.29, 0.717) is 16.3 Å². The van der Waals surface area contributed by atoms with E-state index in [-0.39, 0.29) is 10.6 Å². The molecule has 1 aromatic rings. The quantitative estimate of drug-likeness (QED) is 0.834. The van der Waals surface area contributed by atoms with Crippen LogP contribution in [0.4, 0.5) is 14.5 Å². The first kappa shape index (κ1) is 14.8. The zero-order chi connectivity index (χ0) is 13.9. The summed E-state index contributed by atoms with van der Waals surface area (Å²) in [6, 6.07) is 4.49. The number of alkyl halides is 2. The molecule has 0 spiro atoms. The summed E-state index contributed by atoms with van der Waals surface area (Å²) >= 11 is 0. The molecule has 102 valence electrons. The average molecular weight is 278 g/mol. The molecule has 0 saturated heterocycles. The van der Waals surface area contributed by atoms with E-state index in [1.165, 1.54) is 6.07 Å². The lowest BCUT2D eigenvalue weighted by molar-refractivity contribution is 0.126. The number of nitrogens with two attached hydrogens (primary N) is 1. The van der Waals surface area contributed by atoms with Crippen molar-refractivity contribution in [2.24, 2.45) is 0 Å². The molecule has 0 aliphatic heterocycles. The minimum Gasteiger partial charge on any atom is -0.399 e. The van der Waals surface area contributed by atoms with E-state index in [4.69, 9.17) is 5.73 Å². The lowest BCUT2D eigenvalue weighted by atomic mass is 10.1. The van der Waals surface area contributed by atoms with Crippen molar-refractivity contribution in [2.75, 3.05) is 19.3 Å². The third-order valence-electron chi connectivity index (χ3n) is 2.56. The number of hydrogen-bond acceptors (Lipinski definition) is 3. The highest BCUT2D eigenvalue weighted by Crippen LogP contribution is 2.23. The van der Waals surface area contributed by atoms with E-state index >= 15 is 0 Å². The number of rotatable bonds is 5. The number of aryl methyl sites for hydroxylation is 1. The maximum absolute atomic E-state index is 12.3. The zero-order valence-electron chi connectivity index (χ0n) is 10.2. The van der Waals surface area contributed by atoms with Gasteiger partial charge in [-0.15, -0.1) is 0 Å². The van der Waals surface area contributed by atoms with Crippen molar-refractivity contribution in [1.29, 1.82) is 0 Å². The predicted molar refractivity (Wildman–Crippen MR) is 66.1 cm³/mol. The summed E-state index contributed by atoms with van der Waals surface area (Å²) in [5.74, 6) is 0. The molecular formula is C11H16F2N2O2S. The van der Waals surface area contributed by atoms with Crippen molar-refractivity contribution < 1.29 is 17.2 Å². The Morgan fingerprint density at radius 1 is 1.39 bits per heavy atom. The summed E-state index contributed by atoms with van der Waals surface area (Å²) in [5.41, 5.74) is 6.40.